The molecule has 1 unspecified atom stereocenters. The lowest BCUT2D eigenvalue weighted by atomic mass is 9.93. The van der Waals surface area contributed by atoms with Gasteiger partial charge in [-0.1, -0.05) is 26.7 Å². The van der Waals surface area contributed by atoms with Gasteiger partial charge in [0.1, 0.15) is 0 Å². The Morgan fingerprint density at radius 3 is 2.42 bits per heavy atom. The molecule has 0 amide bonds. The molecule has 26 heavy (non-hydrogen) atoms. The Balaban J connectivity index is 1.56. The summed E-state index contributed by atoms with van der Waals surface area (Å²) in [4.78, 5) is 16.5. The van der Waals surface area contributed by atoms with Crippen LogP contribution in [0.2, 0.25) is 0 Å². The van der Waals surface area contributed by atoms with Crippen molar-refractivity contribution in [2.24, 2.45) is 16.6 Å². The number of piperazine rings is 1. The molecule has 0 bridgehead atoms. The fourth-order valence-electron chi connectivity index (χ4n) is 4.25. The zero-order valence-corrected chi connectivity index (χ0v) is 17.1. The summed E-state index contributed by atoms with van der Waals surface area (Å²) in [6.07, 6.45) is 6.97. The molecule has 2 saturated heterocycles. The van der Waals surface area contributed by atoms with Crippen LogP contribution in [0.5, 0.6) is 0 Å². The summed E-state index contributed by atoms with van der Waals surface area (Å²) in [7, 11) is 0. The zero-order valence-electron chi connectivity index (χ0n) is 16.3. The molecule has 0 saturated carbocycles. The van der Waals surface area contributed by atoms with Crippen LogP contribution in [-0.2, 0) is 0 Å². The average molecular weight is 379 g/mol. The van der Waals surface area contributed by atoms with Gasteiger partial charge in [0.2, 0.25) is 0 Å². The Labute approximate surface area is 162 Å². The summed E-state index contributed by atoms with van der Waals surface area (Å²) in [6, 6.07) is 0.544. The predicted octanol–water partition coefficient (Wildman–Crippen LogP) is 2.48. The monoisotopic (exact) mass is 378 g/mol. The lowest BCUT2D eigenvalue weighted by Crippen LogP contribution is -2.51. The van der Waals surface area contributed by atoms with Crippen LogP contribution in [0.1, 0.15) is 39.5 Å². The molecule has 2 aliphatic rings. The van der Waals surface area contributed by atoms with Crippen molar-refractivity contribution >= 4 is 22.4 Å². The molecule has 2 N–H and O–H groups in total. The molecule has 0 radical (unpaired) electrons. The van der Waals surface area contributed by atoms with Gasteiger partial charge < -0.3 is 15.5 Å². The van der Waals surface area contributed by atoms with Crippen LogP contribution in [0.15, 0.2) is 16.6 Å². The first-order valence-electron chi connectivity index (χ1n) is 10.2. The number of hydrogen-bond acceptors (Lipinski definition) is 5. The molecule has 0 aliphatic carbocycles. The fraction of sp³-hybridized carbons (Fsp3) is 0.789. The molecule has 146 valence electrons. The van der Waals surface area contributed by atoms with Crippen LogP contribution in [0, 0.1) is 5.92 Å². The molecule has 3 rings (SSSR count). The summed E-state index contributed by atoms with van der Waals surface area (Å²) in [6.45, 7) is 11.7. The topological polar surface area (TPSA) is 61.0 Å². The quantitative estimate of drug-likeness (QED) is 0.583. The van der Waals surface area contributed by atoms with Gasteiger partial charge >= 0.3 is 0 Å². The highest BCUT2D eigenvalue weighted by Crippen LogP contribution is 2.23. The molecule has 0 aromatic carbocycles. The van der Waals surface area contributed by atoms with Crippen molar-refractivity contribution in [3.63, 3.8) is 0 Å². The van der Waals surface area contributed by atoms with Gasteiger partial charge in [-0.15, -0.1) is 11.3 Å². The van der Waals surface area contributed by atoms with Gasteiger partial charge in [0.25, 0.3) is 0 Å². The average Bonchev–Trinajstić information content (AvgIpc) is 3.39. The first-order valence-corrected chi connectivity index (χ1v) is 11.0. The van der Waals surface area contributed by atoms with Crippen molar-refractivity contribution in [1.29, 1.82) is 0 Å². The van der Waals surface area contributed by atoms with Crippen molar-refractivity contribution in [3.05, 3.63) is 11.6 Å². The van der Waals surface area contributed by atoms with E-state index in [0.29, 0.717) is 12.0 Å². The van der Waals surface area contributed by atoms with Gasteiger partial charge in [-0.25, -0.2) is 4.98 Å². The lowest BCUT2D eigenvalue weighted by molar-refractivity contribution is 0.171. The standard InChI is InChI=1S/C19H34N6S/c1-3-16(4-2)17(23-8-5-6-9-23)15-22-18(20)24-10-12-25(13-11-24)19-21-7-14-26-19/h7,14,16-17H,3-6,8-13,15H2,1-2H3,(H2,20,22). The van der Waals surface area contributed by atoms with E-state index in [2.05, 4.69) is 33.5 Å². The molecule has 1 aromatic rings. The first kappa shape index (κ1) is 19.4. The molecule has 2 fully saturated rings. The van der Waals surface area contributed by atoms with E-state index in [1.807, 2.05) is 11.6 Å². The maximum atomic E-state index is 6.37. The number of rotatable bonds is 7. The molecule has 1 aromatic heterocycles. The molecule has 0 spiro atoms. The minimum atomic E-state index is 0.544. The number of thiazole rings is 1. The molecule has 6 nitrogen and oxygen atoms in total. The van der Waals surface area contributed by atoms with E-state index in [9.17, 15) is 0 Å². The summed E-state index contributed by atoms with van der Waals surface area (Å²) in [5.74, 6) is 1.44. The normalized spacial score (nSPS) is 21.0. The van der Waals surface area contributed by atoms with E-state index in [-0.39, 0.29) is 0 Å². The highest BCUT2D eigenvalue weighted by molar-refractivity contribution is 7.13. The zero-order chi connectivity index (χ0) is 18.4. The van der Waals surface area contributed by atoms with E-state index in [1.54, 1.807) is 11.3 Å². The van der Waals surface area contributed by atoms with Crippen LogP contribution >= 0.6 is 11.3 Å². The molecule has 7 heteroatoms. The third-order valence-corrected chi connectivity index (χ3v) is 6.77. The van der Waals surface area contributed by atoms with Crippen molar-refractivity contribution in [3.8, 4) is 0 Å². The van der Waals surface area contributed by atoms with Crippen molar-refractivity contribution in [1.82, 2.24) is 14.8 Å². The van der Waals surface area contributed by atoms with Crippen molar-refractivity contribution < 1.29 is 0 Å². The van der Waals surface area contributed by atoms with Crippen LogP contribution in [0.25, 0.3) is 0 Å². The molecular formula is C19H34N6S. The van der Waals surface area contributed by atoms with Gasteiger partial charge in [-0.2, -0.15) is 0 Å². The fourth-order valence-corrected chi connectivity index (χ4v) is 4.95. The maximum Gasteiger partial charge on any atom is 0.191 e. The first-order chi connectivity index (χ1) is 12.7. The number of anilines is 1. The van der Waals surface area contributed by atoms with Crippen LogP contribution in [-0.4, -0.2) is 72.6 Å². The Hall–Kier alpha value is -1.34. The minimum absolute atomic E-state index is 0.544. The van der Waals surface area contributed by atoms with Crippen LogP contribution < -0.4 is 10.6 Å². The number of nitrogens with two attached hydrogens (primary N) is 1. The van der Waals surface area contributed by atoms with E-state index < -0.39 is 0 Å². The number of aromatic nitrogens is 1. The second kappa shape index (κ2) is 9.55. The SMILES string of the molecule is CCC(CC)C(CN=C(N)N1CCN(c2nccs2)CC1)N1CCCC1. The third kappa shape index (κ3) is 4.68. The Morgan fingerprint density at radius 2 is 1.85 bits per heavy atom. The Bertz CT molecular complexity index is 540. The Morgan fingerprint density at radius 1 is 1.15 bits per heavy atom. The van der Waals surface area contributed by atoms with E-state index in [1.165, 1.54) is 38.8 Å². The van der Waals surface area contributed by atoms with Crippen molar-refractivity contribution in [2.45, 2.75) is 45.6 Å². The van der Waals surface area contributed by atoms with Gasteiger partial charge in [-0.05, 0) is 31.8 Å². The molecule has 3 heterocycles. The third-order valence-electron chi connectivity index (χ3n) is 5.94. The van der Waals surface area contributed by atoms with E-state index in [4.69, 9.17) is 10.7 Å². The van der Waals surface area contributed by atoms with Gasteiger partial charge in [0.15, 0.2) is 11.1 Å². The van der Waals surface area contributed by atoms with Gasteiger partial charge in [0.05, 0.1) is 6.54 Å². The largest absolute Gasteiger partial charge is 0.370 e. The predicted molar refractivity (Wildman–Crippen MR) is 111 cm³/mol. The number of hydrogen-bond donors (Lipinski definition) is 1. The second-order valence-electron chi connectivity index (χ2n) is 7.37. The highest BCUT2D eigenvalue weighted by Gasteiger charge is 2.28. The van der Waals surface area contributed by atoms with Crippen LogP contribution in [0.4, 0.5) is 5.13 Å². The molecule has 2 aliphatic heterocycles. The summed E-state index contributed by atoms with van der Waals surface area (Å²) >= 11 is 1.70. The minimum Gasteiger partial charge on any atom is -0.370 e. The van der Waals surface area contributed by atoms with Gasteiger partial charge in [0, 0.05) is 43.8 Å². The van der Waals surface area contributed by atoms with E-state index >= 15 is 0 Å². The summed E-state index contributed by atoms with van der Waals surface area (Å²) in [5.41, 5.74) is 6.37. The number of aliphatic imine (C=N–C) groups is 1. The molecular weight excluding hydrogens is 344 g/mol. The number of nitrogens with zero attached hydrogens (tertiary/aromatic N) is 5. The Kier molecular flexibility index (Phi) is 7.14. The van der Waals surface area contributed by atoms with Crippen LogP contribution in [0.3, 0.4) is 0 Å². The van der Waals surface area contributed by atoms with Gasteiger partial charge in [-0.3, -0.25) is 9.89 Å². The molecule has 1 atom stereocenters. The smallest absolute Gasteiger partial charge is 0.191 e. The number of guanidine groups is 1. The highest BCUT2D eigenvalue weighted by atomic mass is 32.1. The van der Waals surface area contributed by atoms with Crippen molar-refractivity contribution in [2.75, 3.05) is 50.7 Å². The lowest BCUT2D eigenvalue weighted by Gasteiger charge is -2.36. The number of likely N-dealkylation sites (tertiary alicyclic amines) is 1. The second-order valence-corrected chi connectivity index (χ2v) is 8.25. The summed E-state index contributed by atoms with van der Waals surface area (Å²) in [5, 5.41) is 3.15. The maximum absolute atomic E-state index is 6.37. The summed E-state index contributed by atoms with van der Waals surface area (Å²) < 4.78 is 0. The van der Waals surface area contributed by atoms with E-state index in [0.717, 1.165) is 43.8 Å².